The third-order valence-electron chi connectivity index (χ3n) is 2.66. The van der Waals surface area contributed by atoms with Crippen molar-refractivity contribution >= 4 is 27.5 Å². The molecular formula is C14H11BrClFO. The summed E-state index contributed by atoms with van der Waals surface area (Å²) >= 11 is 9.05. The molecule has 2 aromatic carbocycles. The molecule has 0 spiro atoms. The molecule has 2 rings (SSSR count). The lowest BCUT2D eigenvalue weighted by atomic mass is 10.0. The molecule has 1 atom stereocenters. The van der Waals surface area contributed by atoms with Gasteiger partial charge in [-0.15, -0.1) is 0 Å². The zero-order chi connectivity index (χ0) is 13.1. The lowest BCUT2D eigenvalue weighted by Crippen LogP contribution is -2.04. The molecule has 0 bridgehead atoms. The largest absolute Gasteiger partial charge is 0.388 e. The summed E-state index contributed by atoms with van der Waals surface area (Å²) < 4.78 is 14.3. The summed E-state index contributed by atoms with van der Waals surface area (Å²) in [6, 6.07) is 11.7. The third-order valence-corrected chi connectivity index (χ3v) is 3.40. The molecule has 0 aromatic heterocycles. The molecule has 0 fully saturated rings. The van der Waals surface area contributed by atoms with Crippen molar-refractivity contribution in [1.29, 1.82) is 0 Å². The molecule has 18 heavy (non-hydrogen) atoms. The molecule has 94 valence electrons. The first-order chi connectivity index (χ1) is 8.56. The molecule has 0 heterocycles. The van der Waals surface area contributed by atoms with E-state index in [4.69, 9.17) is 11.6 Å². The maximum atomic E-state index is 13.6. The molecule has 2 aromatic rings. The summed E-state index contributed by atoms with van der Waals surface area (Å²) in [6.45, 7) is 0. The summed E-state index contributed by atoms with van der Waals surface area (Å²) in [5.74, 6) is -0.403. The smallest absolute Gasteiger partial charge is 0.129 e. The van der Waals surface area contributed by atoms with Crippen LogP contribution < -0.4 is 0 Å². The minimum Gasteiger partial charge on any atom is -0.388 e. The fraction of sp³-hybridized carbons (Fsp3) is 0.143. The predicted molar refractivity (Wildman–Crippen MR) is 74.2 cm³/mol. The van der Waals surface area contributed by atoms with E-state index < -0.39 is 11.9 Å². The lowest BCUT2D eigenvalue weighted by molar-refractivity contribution is 0.173. The second-order valence-corrected chi connectivity index (χ2v) is 5.36. The van der Waals surface area contributed by atoms with E-state index in [-0.39, 0.29) is 0 Å². The Balaban J connectivity index is 2.18. The monoisotopic (exact) mass is 328 g/mol. The van der Waals surface area contributed by atoms with Crippen LogP contribution in [0.1, 0.15) is 17.2 Å². The average molecular weight is 330 g/mol. The highest BCUT2D eigenvalue weighted by Crippen LogP contribution is 2.25. The molecule has 0 saturated carbocycles. The Kier molecular flexibility index (Phi) is 4.38. The first-order valence-electron chi connectivity index (χ1n) is 5.44. The molecular weight excluding hydrogens is 319 g/mol. The van der Waals surface area contributed by atoms with E-state index in [9.17, 15) is 9.50 Å². The molecule has 4 heteroatoms. The average Bonchev–Trinajstić information content (AvgIpc) is 2.35. The molecule has 0 amide bonds. The SMILES string of the molecule is OC(Cc1ccc(Cl)cc1)c1cc(Br)ccc1F. The van der Waals surface area contributed by atoms with Crippen LogP contribution in [0.15, 0.2) is 46.9 Å². The summed E-state index contributed by atoms with van der Waals surface area (Å²) in [4.78, 5) is 0. The molecule has 1 nitrogen and oxygen atoms in total. The van der Waals surface area contributed by atoms with Gasteiger partial charge in [-0.25, -0.2) is 4.39 Å². The van der Waals surface area contributed by atoms with Gasteiger partial charge >= 0.3 is 0 Å². The molecule has 1 unspecified atom stereocenters. The van der Waals surface area contributed by atoms with Gasteiger partial charge in [-0.3, -0.25) is 0 Å². The maximum Gasteiger partial charge on any atom is 0.129 e. The normalized spacial score (nSPS) is 12.4. The van der Waals surface area contributed by atoms with Crippen molar-refractivity contribution in [3.8, 4) is 0 Å². The van der Waals surface area contributed by atoms with Crippen molar-refractivity contribution in [2.75, 3.05) is 0 Å². The minimum absolute atomic E-state index is 0.291. The van der Waals surface area contributed by atoms with Gasteiger partial charge in [-0.2, -0.15) is 0 Å². The van der Waals surface area contributed by atoms with E-state index in [0.29, 0.717) is 17.0 Å². The van der Waals surface area contributed by atoms with Crippen LogP contribution in [0.4, 0.5) is 4.39 Å². The minimum atomic E-state index is -0.872. The third kappa shape index (κ3) is 3.31. The zero-order valence-corrected chi connectivity index (χ0v) is 11.7. The molecule has 0 saturated heterocycles. The Morgan fingerprint density at radius 2 is 1.83 bits per heavy atom. The highest BCUT2D eigenvalue weighted by molar-refractivity contribution is 9.10. The van der Waals surface area contributed by atoms with Crippen LogP contribution in [-0.2, 0) is 6.42 Å². The maximum absolute atomic E-state index is 13.6. The van der Waals surface area contributed by atoms with Crippen LogP contribution in [0, 0.1) is 5.82 Å². The number of hydrogen-bond donors (Lipinski definition) is 1. The standard InChI is InChI=1S/C14H11BrClFO/c15-10-3-6-13(17)12(8-10)14(18)7-9-1-4-11(16)5-2-9/h1-6,8,14,18H,7H2. The van der Waals surface area contributed by atoms with Gasteiger partial charge in [0, 0.05) is 21.5 Å². The van der Waals surface area contributed by atoms with Crippen LogP contribution in [0.5, 0.6) is 0 Å². The van der Waals surface area contributed by atoms with E-state index in [1.54, 1.807) is 24.3 Å². The second kappa shape index (κ2) is 5.83. The van der Waals surface area contributed by atoms with Crippen molar-refractivity contribution in [3.63, 3.8) is 0 Å². The van der Waals surface area contributed by atoms with E-state index in [1.807, 2.05) is 12.1 Å². The molecule has 0 aliphatic carbocycles. The molecule has 0 radical (unpaired) electrons. The van der Waals surface area contributed by atoms with Gasteiger partial charge < -0.3 is 5.11 Å². The lowest BCUT2D eigenvalue weighted by Gasteiger charge is -2.12. The van der Waals surface area contributed by atoms with E-state index in [0.717, 1.165) is 10.0 Å². The number of rotatable bonds is 3. The van der Waals surface area contributed by atoms with Gasteiger partial charge in [0.05, 0.1) is 6.10 Å². The van der Waals surface area contributed by atoms with Gasteiger partial charge in [0.2, 0.25) is 0 Å². The fourth-order valence-electron chi connectivity index (χ4n) is 1.72. The number of aliphatic hydroxyl groups excluding tert-OH is 1. The first kappa shape index (κ1) is 13.5. The van der Waals surface area contributed by atoms with Gasteiger partial charge in [-0.05, 0) is 35.9 Å². The Morgan fingerprint density at radius 3 is 2.50 bits per heavy atom. The van der Waals surface area contributed by atoms with Crippen molar-refractivity contribution in [2.24, 2.45) is 0 Å². The van der Waals surface area contributed by atoms with Crippen LogP contribution >= 0.6 is 27.5 Å². The van der Waals surface area contributed by atoms with Crippen LogP contribution in [0.3, 0.4) is 0 Å². The number of aliphatic hydroxyl groups is 1. The van der Waals surface area contributed by atoms with Crippen molar-refractivity contribution in [2.45, 2.75) is 12.5 Å². The van der Waals surface area contributed by atoms with Gasteiger partial charge in [-0.1, -0.05) is 39.7 Å². The van der Waals surface area contributed by atoms with Gasteiger partial charge in [0.15, 0.2) is 0 Å². The second-order valence-electron chi connectivity index (χ2n) is 4.01. The van der Waals surface area contributed by atoms with E-state index in [2.05, 4.69) is 15.9 Å². The summed E-state index contributed by atoms with van der Waals surface area (Å²) in [5.41, 5.74) is 1.20. The Bertz CT molecular complexity index is 542. The zero-order valence-electron chi connectivity index (χ0n) is 9.41. The summed E-state index contributed by atoms with van der Waals surface area (Å²) in [5, 5.41) is 10.7. The fourth-order valence-corrected chi connectivity index (χ4v) is 2.23. The van der Waals surface area contributed by atoms with Crippen molar-refractivity contribution < 1.29 is 9.50 Å². The topological polar surface area (TPSA) is 20.2 Å². The molecule has 0 aliphatic heterocycles. The van der Waals surface area contributed by atoms with Crippen molar-refractivity contribution in [1.82, 2.24) is 0 Å². The van der Waals surface area contributed by atoms with Crippen molar-refractivity contribution in [3.05, 3.63) is 68.9 Å². The highest BCUT2D eigenvalue weighted by Gasteiger charge is 2.13. The highest BCUT2D eigenvalue weighted by atomic mass is 79.9. The number of hydrogen-bond acceptors (Lipinski definition) is 1. The number of benzene rings is 2. The Labute approximate surface area is 118 Å². The summed E-state index contributed by atoms with van der Waals surface area (Å²) in [7, 11) is 0. The van der Waals surface area contributed by atoms with Gasteiger partial charge in [0.1, 0.15) is 5.82 Å². The first-order valence-corrected chi connectivity index (χ1v) is 6.61. The van der Waals surface area contributed by atoms with Crippen LogP contribution in [0.2, 0.25) is 5.02 Å². The summed E-state index contributed by atoms with van der Waals surface area (Å²) in [6.07, 6.45) is -0.520. The van der Waals surface area contributed by atoms with Crippen LogP contribution in [0.25, 0.3) is 0 Å². The number of halogens is 3. The molecule has 0 aliphatic rings. The Hall–Kier alpha value is -0.900. The van der Waals surface area contributed by atoms with Gasteiger partial charge in [0.25, 0.3) is 0 Å². The van der Waals surface area contributed by atoms with Crippen LogP contribution in [-0.4, -0.2) is 5.11 Å². The predicted octanol–water partition coefficient (Wildman–Crippen LogP) is 4.52. The van der Waals surface area contributed by atoms with E-state index >= 15 is 0 Å². The van der Waals surface area contributed by atoms with E-state index in [1.165, 1.54) is 6.07 Å². The molecule has 1 N–H and O–H groups in total. The Morgan fingerprint density at radius 1 is 1.17 bits per heavy atom. The quantitative estimate of drug-likeness (QED) is 0.878.